The molecule has 0 radical (unpaired) electrons. The van der Waals surface area contributed by atoms with Crippen LogP contribution >= 0.6 is 0 Å². The molecule has 1 saturated heterocycles. The number of fused-ring (bicyclic) bond motifs is 4. The first-order valence-corrected chi connectivity index (χ1v) is 14.4. The summed E-state index contributed by atoms with van der Waals surface area (Å²) in [6.07, 6.45) is 8.32. The third-order valence-corrected chi connectivity index (χ3v) is 10.2. The molecule has 6 unspecified atom stereocenters. The molecule has 1 spiro atoms. The van der Waals surface area contributed by atoms with E-state index in [1.165, 1.54) is 18.4 Å². The average Bonchev–Trinajstić information content (AvgIpc) is 3.20. The molecule has 0 bridgehead atoms. The third-order valence-electron chi connectivity index (χ3n) is 10.2. The number of aliphatic hydroxyl groups is 1. The summed E-state index contributed by atoms with van der Waals surface area (Å²) in [5.74, 6) is 1.64. The van der Waals surface area contributed by atoms with Crippen molar-refractivity contribution in [3.05, 3.63) is 46.5 Å². The van der Waals surface area contributed by atoms with Crippen LogP contribution < -0.4 is 0 Å². The first-order valence-electron chi connectivity index (χ1n) is 14.4. The molecule has 1 aromatic rings. The molecule has 6 rings (SSSR count). The molecule has 4 aliphatic carbocycles. The van der Waals surface area contributed by atoms with E-state index in [4.69, 9.17) is 9.47 Å². The topological polar surface area (TPSA) is 62.5 Å². The first kappa shape index (κ1) is 26.0. The van der Waals surface area contributed by atoms with Crippen LogP contribution in [0, 0.1) is 39.9 Å². The predicted octanol–water partition coefficient (Wildman–Crippen LogP) is 7.12. The number of hydrogen-bond donors (Lipinski definition) is 1. The Bertz CT molecular complexity index is 1020. The molecular weight excluding hydrogens is 446 g/mol. The zero-order chi connectivity index (χ0) is 25.7. The molecular formula is C32H45NO3. The minimum absolute atomic E-state index is 0.0167. The highest BCUT2D eigenvalue weighted by Gasteiger charge is 2.57. The Morgan fingerprint density at radius 1 is 0.944 bits per heavy atom. The molecule has 36 heavy (non-hydrogen) atoms. The van der Waals surface area contributed by atoms with E-state index >= 15 is 0 Å². The van der Waals surface area contributed by atoms with Crippen LogP contribution in [0.3, 0.4) is 0 Å². The van der Waals surface area contributed by atoms with Gasteiger partial charge in [0.25, 0.3) is 0 Å². The van der Waals surface area contributed by atoms with Crippen LogP contribution in [0.1, 0.15) is 103 Å². The molecule has 6 atom stereocenters. The van der Waals surface area contributed by atoms with Gasteiger partial charge in [-0.3, -0.25) is 0 Å². The van der Waals surface area contributed by atoms with Crippen molar-refractivity contribution in [2.75, 3.05) is 13.2 Å². The minimum atomic E-state index is -0.395. The van der Waals surface area contributed by atoms with Crippen LogP contribution in [0.15, 0.2) is 35.4 Å². The van der Waals surface area contributed by atoms with Gasteiger partial charge in [0, 0.05) is 24.2 Å². The van der Waals surface area contributed by atoms with Gasteiger partial charge in [-0.1, -0.05) is 57.9 Å². The van der Waals surface area contributed by atoms with Crippen molar-refractivity contribution in [1.82, 2.24) is 0 Å². The number of ether oxygens (including phenoxy) is 2. The maximum absolute atomic E-state index is 11.1. The Kier molecular flexibility index (Phi) is 6.90. The molecule has 1 aromatic carbocycles. The molecule has 3 saturated carbocycles. The molecule has 0 amide bonds. The van der Waals surface area contributed by atoms with Gasteiger partial charge in [-0.2, -0.15) is 5.26 Å². The highest BCUT2D eigenvalue weighted by atomic mass is 16.7. The largest absolute Gasteiger partial charge is 0.393 e. The van der Waals surface area contributed by atoms with E-state index in [0.717, 1.165) is 57.3 Å². The third kappa shape index (κ3) is 4.26. The van der Waals surface area contributed by atoms with E-state index in [1.54, 1.807) is 11.1 Å². The van der Waals surface area contributed by atoms with E-state index < -0.39 is 5.79 Å². The SMILES string of the molecule is CC.CC1(C)COC2(CCC3=C4C(c5ccc(C#N)cc5)CC5(C)C(O)CCC5C4CCC3C2)OC1. The van der Waals surface area contributed by atoms with E-state index in [9.17, 15) is 10.4 Å². The van der Waals surface area contributed by atoms with Crippen molar-refractivity contribution < 1.29 is 14.6 Å². The van der Waals surface area contributed by atoms with Crippen LogP contribution in [0.2, 0.25) is 0 Å². The fraction of sp³-hybridized carbons (Fsp3) is 0.719. The first-order chi connectivity index (χ1) is 17.2. The molecule has 1 aliphatic heterocycles. The second-order valence-corrected chi connectivity index (χ2v) is 12.9. The Hall–Kier alpha value is -1.67. The van der Waals surface area contributed by atoms with E-state index in [1.807, 2.05) is 26.0 Å². The molecule has 4 heteroatoms. The zero-order valence-corrected chi connectivity index (χ0v) is 23.0. The van der Waals surface area contributed by atoms with Crippen molar-refractivity contribution in [2.45, 2.75) is 104 Å². The van der Waals surface area contributed by atoms with Crippen LogP contribution in [-0.4, -0.2) is 30.2 Å². The van der Waals surface area contributed by atoms with Crippen molar-refractivity contribution in [3.63, 3.8) is 0 Å². The molecule has 0 aromatic heterocycles. The van der Waals surface area contributed by atoms with Crippen molar-refractivity contribution in [1.29, 1.82) is 5.26 Å². The normalized spacial score (nSPS) is 38.2. The summed E-state index contributed by atoms with van der Waals surface area (Å²) in [5, 5.41) is 20.4. The maximum atomic E-state index is 11.1. The van der Waals surface area contributed by atoms with Crippen LogP contribution in [0.5, 0.6) is 0 Å². The van der Waals surface area contributed by atoms with Gasteiger partial charge >= 0.3 is 0 Å². The number of rotatable bonds is 1. The lowest BCUT2D eigenvalue weighted by Gasteiger charge is -2.55. The molecule has 5 aliphatic rings. The number of benzene rings is 1. The molecule has 196 valence electrons. The predicted molar refractivity (Wildman–Crippen MR) is 142 cm³/mol. The Morgan fingerprint density at radius 3 is 2.31 bits per heavy atom. The van der Waals surface area contributed by atoms with Gasteiger partial charge in [0.2, 0.25) is 0 Å². The van der Waals surface area contributed by atoms with E-state index in [2.05, 4.69) is 39.0 Å². The maximum Gasteiger partial charge on any atom is 0.169 e. The summed E-state index contributed by atoms with van der Waals surface area (Å²) < 4.78 is 12.9. The number of nitriles is 1. The standard InChI is InChI=1S/C30H39NO3.C2H6/c1-28(2)17-33-30(34-18-28)13-12-22-21(14-30)8-9-23-25-10-11-26(32)29(25,3)15-24(27(22)23)20-6-4-19(16-31)5-7-20;1-2/h4-7,21,23-26,32H,8-15,17-18H2,1-3H3;1-2H3. The lowest BCUT2D eigenvalue weighted by molar-refractivity contribution is -0.312. The zero-order valence-electron chi connectivity index (χ0n) is 23.0. The number of allylic oxidation sites excluding steroid dienone is 2. The summed E-state index contributed by atoms with van der Waals surface area (Å²) in [5.41, 5.74) is 5.48. The van der Waals surface area contributed by atoms with Gasteiger partial charge in [0.15, 0.2) is 5.79 Å². The quantitative estimate of drug-likeness (QED) is 0.425. The van der Waals surface area contributed by atoms with E-state index in [0.29, 0.717) is 23.7 Å². The summed E-state index contributed by atoms with van der Waals surface area (Å²) in [4.78, 5) is 0. The Labute approximate surface area is 218 Å². The van der Waals surface area contributed by atoms with Gasteiger partial charge in [-0.05, 0) is 79.4 Å². The number of aliphatic hydroxyl groups excluding tert-OH is 1. The smallest absolute Gasteiger partial charge is 0.169 e. The Morgan fingerprint density at radius 2 is 1.64 bits per heavy atom. The highest BCUT2D eigenvalue weighted by Crippen LogP contribution is 2.64. The highest BCUT2D eigenvalue weighted by molar-refractivity contribution is 5.42. The van der Waals surface area contributed by atoms with Gasteiger partial charge in [-0.15, -0.1) is 0 Å². The van der Waals surface area contributed by atoms with Gasteiger partial charge in [0.1, 0.15) is 0 Å². The summed E-state index contributed by atoms with van der Waals surface area (Å²) in [6, 6.07) is 10.5. The van der Waals surface area contributed by atoms with Crippen molar-refractivity contribution in [2.24, 2.45) is 28.6 Å². The number of nitrogens with zero attached hydrogens (tertiary/aromatic N) is 1. The van der Waals surface area contributed by atoms with Crippen molar-refractivity contribution >= 4 is 0 Å². The van der Waals surface area contributed by atoms with Gasteiger partial charge < -0.3 is 14.6 Å². The monoisotopic (exact) mass is 491 g/mol. The summed E-state index contributed by atoms with van der Waals surface area (Å²) >= 11 is 0. The van der Waals surface area contributed by atoms with Gasteiger partial charge in [0.05, 0.1) is 31.0 Å². The van der Waals surface area contributed by atoms with Crippen LogP contribution in [0.25, 0.3) is 0 Å². The van der Waals surface area contributed by atoms with Gasteiger partial charge in [-0.25, -0.2) is 0 Å². The molecule has 4 nitrogen and oxygen atoms in total. The molecule has 1 N–H and O–H groups in total. The lowest BCUT2D eigenvalue weighted by atomic mass is 9.52. The van der Waals surface area contributed by atoms with E-state index in [-0.39, 0.29) is 16.9 Å². The van der Waals surface area contributed by atoms with Crippen molar-refractivity contribution in [3.8, 4) is 6.07 Å². The van der Waals surface area contributed by atoms with Crippen LogP contribution in [0.4, 0.5) is 0 Å². The van der Waals surface area contributed by atoms with Crippen LogP contribution in [-0.2, 0) is 9.47 Å². The summed E-state index contributed by atoms with van der Waals surface area (Å²) in [7, 11) is 0. The lowest BCUT2D eigenvalue weighted by Crippen LogP contribution is -2.52. The number of hydrogen-bond acceptors (Lipinski definition) is 4. The minimum Gasteiger partial charge on any atom is -0.393 e. The fourth-order valence-corrected chi connectivity index (χ4v) is 8.29. The Balaban J connectivity index is 0.00000130. The molecule has 4 fully saturated rings. The fourth-order valence-electron chi connectivity index (χ4n) is 8.29. The second-order valence-electron chi connectivity index (χ2n) is 12.9. The second kappa shape index (κ2) is 9.57. The molecule has 1 heterocycles. The summed E-state index contributed by atoms with van der Waals surface area (Å²) in [6.45, 7) is 12.3. The average molecular weight is 492 g/mol.